The average Bonchev–Trinajstić information content (AvgIpc) is 3.17. The molecule has 1 aliphatic heterocycles. The van der Waals surface area contributed by atoms with Crippen molar-refractivity contribution in [3.8, 4) is 0 Å². The summed E-state index contributed by atoms with van der Waals surface area (Å²) >= 11 is 0. The van der Waals surface area contributed by atoms with Gasteiger partial charge in [-0.15, -0.1) is 0 Å². The van der Waals surface area contributed by atoms with Crippen LogP contribution in [0.3, 0.4) is 0 Å². The Morgan fingerprint density at radius 2 is 1.85 bits per heavy atom. The fourth-order valence-corrected chi connectivity index (χ4v) is 3.19. The van der Waals surface area contributed by atoms with Crippen molar-refractivity contribution >= 4 is 17.3 Å². The molecular formula is C19H19F2N3O3. The Bertz CT molecular complexity index is 882. The zero-order chi connectivity index (χ0) is 19.6. The molecule has 3 rings (SSSR count). The molecule has 0 bridgehead atoms. The molecular weight excluding hydrogens is 356 g/mol. The van der Waals surface area contributed by atoms with Crippen LogP contribution in [0.5, 0.6) is 0 Å². The molecule has 27 heavy (non-hydrogen) atoms. The number of hydrogen-bond donors (Lipinski definition) is 1. The molecule has 1 amide bonds. The molecule has 0 aromatic heterocycles. The molecule has 0 aliphatic carbocycles. The van der Waals surface area contributed by atoms with Crippen LogP contribution < -0.4 is 10.2 Å². The van der Waals surface area contributed by atoms with E-state index in [0.29, 0.717) is 11.3 Å². The fourth-order valence-electron chi connectivity index (χ4n) is 3.19. The van der Waals surface area contributed by atoms with Crippen LogP contribution in [-0.4, -0.2) is 23.9 Å². The highest BCUT2D eigenvalue weighted by Crippen LogP contribution is 2.29. The minimum Gasteiger partial charge on any atom is -0.371 e. The number of halogens is 2. The summed E-state index contributed by atoms with van der Waals surface area (Å²) in [5.74, 6) is -2.47. The van der Waals surface area contributed by atoms with Crippen molar-refractivity contribution in [3.05, 3.63) is 69.3 Å². The number of amides is 1. The van der Waals surface area contributed by atoms with Crippen LogP contribution in [0.4, 0.5) is 20.2 Å². The lowest BCUT2D eigenvalue weighted by Gasteiger charge is -2.22. The number of anilines is 1. The van der Waals surface area contributed by atoms with Gasteiger partial charge in [0.05, 0.1) is 22.2 Å². The van der Waals surface area contributed by atoms with Gasteiger partial charge in [0.1, 0.15) is 0 Å². The van der Waals surface area contributed by atoms with E-state index in [1.165, 1.54) is 18.2 Å². The van der Waals surface area contributed by atoms with Gasteiger partial charge < -0.3 is 10.2 Å². The van der Waals surface area contributed by atoms with Crippen LogP contribution in [0.15, 0.2) is 36.4 Å². The maximum absolute atomic E-state index is 13.4. The van der Waals surface area contributed by atoms with Crippen LogP contribution in [0.2, 0.25) is 0 Å². The lowest BCUT2D eigenvalue weighted by Crippen LogP contribution is -2.29. The minimum absolute atomic E-state index is 0.177. The van der Waals surface area contributed by atoms with Gasteiger partial charge in [-0.05, 0) is 43.5 Å². The van der Waals surface area contributed by atoms with Crippen molar-refractivity contribution in [1.82, 2.24) is 5.32 Å². The van der Waals surface area contributed by atoms with E-state index in [-0.39, 0.29) is 11.3 Å². The summed E-state index contributed by atoms with van der Waals surface area (Å²) in [5, 5.41) is 13.8. The van der Waals surface area contributed by atoms with Gasteiger partial charge in [-0.1, -0.05) is 6.07 Å². The van der Waals surface area contributed by atoms with Gasteiger partial charge in [-0.2, -0.15) is 0 Å². The summed E-state index contributed by atoms with van der Waals surface area (Å²) in [6.07, 6.45) is 1.98. The first-order valence-corrected chi connectivity index (χ1v) is 8.66. The van der Waals surface area contributed by atoms with Crippen LogP contribution >= 0.6 is 0 Å². The highest BCUT2D eigenvalue weighted by Gasteiger charge is 2.23. The molecule has 0 saturated carbocycles. The standard InChI is InChI=1S/C19H19F2N3O3/c1-12(13-4-6-16(20)17(21)10-13)22-19(25)15-11-14(24(26)27)5-7-18(15)23-8-2-3-9-23/h4-7,10-12H,2-3,8-9H2,1H3,(H,22,25). The van der Waals surface area contributed by atoms with Crippen molar-refractivity contribution in [2.75, 3.05) is 18.0 Å². The summed E-state index contributed by atoms with van der Waals surface area (Å²) in [4.78, 5) is 25.4. The van der Waals surface area contributed by atoms with Crippen molar-refractivity contribution in [3.63, 3.8) is 0 Å². The number of nitrogens with zero attached hydrogens (tertiary/aromatic N) is 2. The van der Waals surface area contributed by atoms with Gasteiger partial charge in [0.25, 0.3) is 11.6 Å². The van der Waals surface area contributed by atoms with E-state index < -0.39 is 28.5 Å². The van der Waals surface area contributed by atoms with Crippen LogP contribution in [-0.2, 0) is 0 Å². The molecule has 142 valence electrons. The Morgan fingerprint density at radius 3 is 2.48 bits per heavy atom. The maximum atomic E-state index is 13.4. The lowest BCUT2D eigenvalue weighted by atomic mass is 10.1. The number of rotatable bonds is 5. The first-order valence-electron chi connectivity index (χ1n) is 8.66. The Labute approximate surface area is 154 Å². The highest BCUT2D eigenvalue weighted by molar-refractivity contribution is 6.00. The third kappa shape index (κ3) is 4.05. The number of nitrogens with one attached hydrogen (secondary N) is 1. The number of carbonyl (C=O) groups excluding carboxylic acids is 1. The Morgan fingerprint density at radius 1 is 1.15 bits per heavy atom. The Balaban J connectivity index is 1.88. The van der Waals surface area contributed by atoms with Crippen LogP contribution in [0, 0.1) is 21.7 Å². The topological polar surface area (TPSA) is 75.5 Å². The largest absolute Gasteiger partial charge is 0.371 e. The Kier molecular flexibility index (Phi) is 5.34. The third-order valence-electron chi connectivity index (χ3n) is 4.67. The second kappa shape index (κ2) is 7.69. The second-order valence-electron chi connectivity index (χ2n) is 6.52. The third-order valence-corrected chi connectivity index (χ3v) is 4.67. The van der Waals surface area contributed by atoms with E-state index in [0.717, 1.165) is 38.1 Å². The molecule has 0 spiro atoms. The maximum Gasteiger partial charge on any atom is 0.270 e. The Hall–Kier alpha value is -3.03. The van der Waals surface area contributed by atoms with Gasteiger partial charge in [-0.3, -0.25) is 14.9 Å². The van der Waals surface area contributed by atoms with E-state index in [1.807, 2.05) is 4.90 Å². The van der Waals surface area contributed by atoms with Crippen molar-refractivity contribution in [2.24, 2.45) is 0 Å². The number of carbonyl (C=O) groups is 1. The first kappa shape index (κ1) is 18.8. The van der Waals surface area contributed by atoms with Gasteiger partial charge in [0, 0.05) is 25.2 Å². The molecule has 0 radical (unpaired) electrons. The monoisotopic (exact) mass is 375 g/mol. The molecule has 1 heterocycles. The van der Waals surface area contributed by atoms with Crippen LogP contribution in [0.1, 0.15) is 41.7 Å². The van der Waals surface area contributed by atoms with Gasteiger partial charge >= 0.3 is 0 Å². The number of nitro groups is 1. The van der Waals surface area contributed by atoms with Gasteiger partial charge in [0.2, 0.25) is 0 Å². The van der Waals surface area contributed by atoms with E-state index >= 15 is 0 Å². The van der Waals surface area contributed by atoms with Gasteiger partial charge in [0.15, 0.2) is 11.6 Å². The highest BCUT2D eigenvalue weighted by atomic mass is 19.2. The fraction of sp³-hybridized carbons (Fsp3) is 0.316. The molecule has 1 saturated heterocycles. The zero-order valence-corrected chi connectivity index (χ0v) is 14.7. The molecule has 8 heteroatoms. The normalized spacial score (nSPS) is 14.9. The lowest BCUT2D eigenvalue weighted by molar-refractivity contribution is -0.384. The summed E-state index contributed by atoms with van der Waals surface area (Å²) in [5.41, 5.74) is 1.05. The molecule has 1 unspecified atom stereocenters. The average molecular weight is 375 g/mol. The predicted molar refractivity (Wildman–Crippen MR) is 96.8 cm³/mol. The summed E-state index contributed by atoms with van der Waals surface area (Å²) in [6, 6.07) is 7.02. The molecule has 1 N–H and O–H groups in total. The van der Waals surface area contributed by atoms with Crippen LogP contribution in [0.25, 0.3) is 0 Å². The first-order chi connectivity index (χ1) is 12.9. The molecule has 1 aliphatic rings. The summed E-state index contributed by atoms with van der Waals surface area (Å²) < 4.78 is 26.5. The van der Waals surface area contributed by atoms with Crippen molar-refractivity contribution < 1.29 is 18.5 Å². The number of benzene rings is 2. The summed E-state index contributed by atoms with van der Waals surface area (Å²) in [6.45, 7) is 3.19. The molecule has 1 atom stereocenters. The minimum atomic E-state index is -0.998. The van der Waals surface area contributed by atoms with E-state index in [1.54, 1.807) is 13.0 Å². The van der Waals surface area contributed by atoms with E-state index in [4.69, 9.17) is 0 Å². The molecule has 2 aromatic rings. The quantitative estimate of drug-likeness (QED) is 0.634. The van der Waals surface area contributed by atoms with Gasteiger partial charge in [-0.25, -0.2) is 8.78 Å². The van der Waals surface area contributed by atoms with E-state index in [2.05, 4.69) is 5.32 Å². The molecule has 6 nitrogen and oxygen atoms in total. The molecule has 1 fully saturated rings. The number of hydrogen-bond acceptors (Lipinski definition) is 4. The predicted octanol–water partition coefficient (Wildman–Crippen LogP) is 3.96. The number of non-ortho nitro benzene ring substituents is 1. The van der Waals surface area contributed by atoms with Crippen molar-refractivity contribution in [1.29, 1.82) is 0 Å². The van der Waals surface area contributed by atoms with E-state index in [9.17, 15) is 23.7 Å². The SMILES string of the molecule is CC(NC(=O)c1cc([N+](=O)[O-])ccc1N1CCCC1)c1ccc(F)c(F)c1. The molecule has 2 aromatic carbocycles. The summed E-state index contributed by atoms with van der Waals surface area (Å²) in [7, 11) is 0. The van der Waals surface area contributed by atoms with Crippen molar-refractivity contribution in [2.45, 2.75) is 25.8 Å². The zero-order valence-electron chi connectivity index (χ0n) is 14.7. The smallest absolute Gasteiger partial charge is 0.270 e. The number of nitro benzene ring substituents is 1. The second-order valence-corrected chi connectivity index (χ2v) is 6.52.